The summed E-state index contributed by atoms with van der Waals surface area (Å²) < 4.78 is 45.5. The van der Waals surface area contributed by atoms with Gasteiger partial charge in [0.05, 0.1) is 66.9 Å². The highest BCUT2D eigenvalue weighted by molar-refractivity contribution is 5.83. The first-order valence-corrected chi connectivity index (χ1v) is 28.8. The topological polar surface area (TPSA) is 439 Å². The number of nitrogens with one attached hydrogen (secondary N) is 1. The average molecular weight is 1170 g/mol. The summed E-state index contributed by atoms with van der Waals surface area (Å²) in [4.78, 5) is 13.1. The molecule has 3 aliphatic heterocycles. The maximum atomic E-state index is 11.6. The van der Waals surface area contributed by atoms with Crippen molar-refractivity contribution in [3.8, 4) is 17.1 Å². The molecule has 29 heteroatoms. The number of likely N-dealkylation sites (N-methyl/N-ethyl adjacent to an activating group) is 1. The van der Waals surface area contributed by atoms with Gasteiger partial charge >= 0.3 is 0 Å². The molecule has 10 rings (SSSR count). The lowest BCUT2D eigenvalue weighted by molar-refractivity contribution is -0.316. The molecule has 19 N–H and O–H groups in total. The number of ether oxygens (including phenoxy) is 7. The fraction of sp³-hybridized carbons (Fsp3) is 0.685. The second-order valence-corrected chi connectivity index (χ2v) is 22.9. The molecule has 2 aromatic carbocycles. The highest BCUT2D eigenvalue weighted by Gasteiger charge is 2.50. The van der Waals surface area contributed by atoms with Gasteiger partial charge in [-0.15, -0.1) is 10.2 Å². The first kappa shape index (κ1) is 61.1. The minimum absolute atomic E-state index is 0.0742. The van der Waals surface area contributed by atoms with Crippen LogP contribution in [-0.4, -0.2) is 246 Å². The van der Waals surface area contributed by atoms with Crippen molar-refractivity contribution in [2.45, 2.75) is 156 Å². The normalized spacial score (nSPS) is 33.3. The molecule has 0 radical (unpaired) electrons. The summed E-state index contributed by atoms with van der Waals surface area (Å²) in [5.74, 6) is 2.58. The molecular formula is C54H84N16O13. The third-order valence-corrected chi connectivity index (χ3v) is 16.8. The summed E-state index contributed by atoms with van der Waals surface area (Å²) >= 11 is 0. The van der Waals surface area contributed by atoms with E-state index in [4.69, 9.17) is 72.5 Å². The van der Waals surface area contributed by atoms with Crippen LogP contribution in [-0.2, 0) is 54.4 Å². The SMILES string of the molecule is CN1CCN(c2ccc3nc(-c4ccc(OCCn5cc(CCC6CC(Cc7cn(CCOC(OC8C(O)[C@H](N)CC(N)[C@H]8O[C@@H]8OC(CN)[C@@H](O)C(O)C8N)C(O)CO[C@H]8OC(CN)[C@@H](O)C(O)C8N)nn7)C6)nn5)cc4)[nH]c3c2)CC1. The van der Waals surface area contributed by atoms with Crippen LogP contribution >= 0.6 is 0 Å². The zero-order chi connectivity index (χ0) is 58.5. The van der Waals surface area contributed by atoms with Crippen LogP contribution in [0.15, 0.2) is 54.9 Å². The Morgan fingerprint density at radius 2 is 1.37 bits per heavy atom. The number of hydrogen-bond donors (Lipinski definition) is 13. The molecule has 0 amide bonds. The molecule has 17 atom stereocenters. The Labute approximate surface area is 480 Å². The molecule has 5 aliphatic rings. The first-order chi connectivity index (χ1) is 40.0. The third kappa shape index (κ3) is 14.7. The number of hydrogen-bond acceptors (Lipinski definition) is 26. The van der Waals surface area contributed by atoms with Crippen molar-refractivity contribution in [2.24, 2.45) is 46.2 Å². The number of aryl methyl sites for hydroxylation is 1. The fourth-order valence-electron chi connectivity index (χ4n) is 11.6. The van der Waals surface area contributed by atoms with Gasteiger partial charge in [-0.05, 0) is 99.9 Å². The molecule has 83 heavy (non-hydrogen) atoms. The van der Waals surface area contributed by atoms with Crippen molar-refractivity contribution in [1.29, 1.82) is 0 Å². The molecule has 458 valence electrons. The van der Waals surface area contributed by atoms with Crippen LogP contribution in [0.2, 0.25) is 0 Å². The lowest BCUT2D eigenvalue weighted by atomic mass is 9.71. The van der Waals surface area contributed by atoms with Gasteiger partial charge in [0.1, 0.15) is 73.1 Å². The van der Waals surface area contributed by atoms with Crippen molar-refractivity contribution in [1.82, 2.24) is 44.9 Å². The Morgan fingerprint density at radius 3 is 2.07 bits per heavy atom. The Hall–Kier alpha value is -4.97. The van der Waals surface area contributed by atoms with Gasteiger partial charge in [0, 0.05) is 75.0 Å². The largest absolute Gasteiger partial charge is 0.492 e. The number of aromatic nitrogens is 8. The molecule has 3 aromatic heterocycles. The molecule has 29 nitrogen and oxygen atoms in total. The number of fused-ring (bicyclic) bond motifs is 1. The fourth-order valence-corrected chi connectivity index (χ4v) is 11.6. The Morgan fingerprint density at radius 1 is 0.723 bits per heavy atom. The van der Waals surface area contributed by atoms with Crippen LogP contribution in [0.5, 0.6) is 5.75 Å². The minimum Gasteiger partial charge on any atom is -0.492 e. The van der Waals surface area contributed by atoms with Crippen molar-refractivity contribution in [3.63, 3.8) is 0 Å². The second-order valence-electron chi connectivity index (χ2n) is 22.9. The quantitative estimate of drug-likeness (QED) is 0.0247. The van der Waals surface area contributed by atoms with Crippen LogP contribution in [0.25, 0.3) is 22.4 Å². The highest BCUT2D eigenvalue weighted by Crippen LogP contribution is 2.39. The van der Waals surface area contributed by atoms with Crippen LogP contribution in [0.3, 0.4) is 0 Å². The van der Waals surface area contributed by atoms with Gasteiger partial charge < -0.3 is 113 Å². The zero-order valence-electron chi connectivity index (χ0n) is 46.7. The van der Waals surface area contributed by atoms with Crippen molar-refractivity contribution in [3.05, 3.63) is 66.2 Å². The van der Waals surface area contributed by atoms with Gasteiger partial charge in [-0.2, -0.15) is 0 Å². The Kier molecular flexibility index (Phi) is 20.3. The summed E-state index contributed by atoms with van der Waals surface area (Å²) in [5, 5.41) is 82.7. The van der Waals surface area contributed by atoms with Crippen molar-refractivity contribution in [2.75, 3.05) is 71.0 Å². The van der Waals surface area contributed by atoms with Gasteiger partial charge in [-0.3, -0.25) is 0 Å². The van der Waals surface area contributed by atoms with E-state index in [0.717, 1.165) is 97.8 Å². The summed E-state index contributed by atoms with van der Waals surface area (Å²) in [6, 6.07) is 10.1. The number of aliphatic hydroxyl groups excluding tert-OH is 6. The zero-order valence-corrected chi connectivity index (χ0v) is 46.7. The van der Waals surface area contributed by atoms with E-state index in [1.54, 1.807) is 4.68 Å². The lowest BCUT2D eigenvalue weighted by Crippen LogP contribution is -2.68. The summed E-state index contributed by atoms with van der Waals surface area (Å²) in [5.41, 5.74) is 42.7. The summed E-state index contributed by atoms with van der Waals surface area (Å²) in [6.07, 6.45) is -9.00. The van der Waals surface area contributed by atoms with Gasteiger partial charge in [-0.25, -0.2) is 14.3 Å². The summed E-state index contributed by atoms with van der Waals surface area (Å²) in [6.45, 7) is 4.36. The van der Waals surface area contributed by atoms with E-state index in [1.165, 1.54) is 5.69 Å². The number of nitrogens with two attached hydrogens (primary N) is 6. The molecule has 11 unspecified atom stereocenters. The maximum Gasteiger partial charge on any atom is 0.186 e. The molecule has 0 spiro atoms. The van der Waals surface area contributed by atoms with E-state index in [0.29, 0.717) is 25.0 Å². The number of aromatic amines is 1. The standard InChI is InChI=1S/C54H84N16O13/c1-67-10-12-68(13-11-67)33-6-9-37-38(21-33)62-51(61-37)30-3-7-34(8-4-30)77-16-14-69-25-31(63-65-69)5-2-28-18-29(19-28)20-32-26-70(66-64-32)15-17-78-52(39(71)27-79-53-42(59)47(75)45(73)40(23-55)80-53)83-50-44(72)35(57)22-36(58)49(50)82-54-43(60)48(76)46(74)41(24-56)81-54/h3-4,6-9,21,25-26,28-29,35-36,39-50,52-54,71-76H,2,5,10-20,22-24,27,55-60H2,1H3,(H,61,62)/t28?,29?,35-,36?,39?,40?,41?,42?,43?,44?,45-,46-,47?,48?,49-,50?,52?,53+,54+/m1/s1. The molecule has 2 saturated carbocycles. The number of imidazole rings is 1. The summed E-state index contributed by atoms with van der Waals surface area (Å²) in [7, 11) is 2.16. The number of rotatable bonds is 25. The number of anilines is 1. The van der Waals surface area contributed by atoms with Crippen molar-refractivity contribution < 1.29 is 63.8 Å². The maximum absolute atomic E-state index is 11.6. The number of H-pyrrole nitrogens is 1. The van der Waals surface area contributed by atoms with Gasteiger partial charge in [-0.1, -0.05) is 10.4 Å². The number of benzene rings is 2. The second kappa shape index (κ2) is 27.6. The monoisotopic (exact) mass is 1160 g/mol. The predicted octanol–water partition coefficient (Wildman–Crippen LogP) is -4.18. The first-order valence-electron chi connectivity index (χ1n) is 28.8. The molecule has 3 saturated heterocycles. The Bertz CT molecular complexity index is 2800. The molecule has 5 aromatic rings. The van der Waals surface area contributed by atoms with E-state index in [2.05, 4.69) is 60.7 Å². The van der Waals surface area contributed by atoms with E-state index >= 15 is 0 Å². The van der Waals surface area contributed by atoms with Gasteiger partial charge in [0.15, 0.2) is 18.9 Å². The molecular weight excluding hydrogens is 1080 g/mol. The third-order valence-electron chi connectivity index (χ3n) is 16.8. The molecule has 0 bridgehead atoms. The predicted molar refractivity (Wildman–Crippen MR) is 298 cm³/mol. The number of aliphatic hydroxyl groups is 6. The van der Waals surface area contributed by atoms with E-state index in [-0.39, 0.29) is 32.7 Å². The van der Waals surface area contributed by atoms with Crippen LogP contribution in [0.4, 0.5) is 5.69 Å². The van der Waals surface area contributed by atoms with Crippen molar-refractivity contribution >= 4 is 16.7 Å². The Balaban J connectivity index is 0.672. The molecule has 6 heterocycles. The number of piperazine rings is 1. The molecule has 2 aliphatic carbocycles. The van der Waals surface area contributed by atoms with Gasteiger partial charge in [0.2, 0.25) is 0 Å². The molecule has 5 fully saturated rings. The van der Waals surface area contributed by atoms with E-state index in [1.807, 2.05) is 41.3 Å². The minimum atomic E-state index is -1.61. The smallest absolute Gasteiger partial charge is 0.186 e. The average Bonchev–Trinajstić information content (AvgIpc) is 4.32. The van der Waals surface area contributed by atoms with Gasteiger partial charge in [0.25, 0.3) is 0 Å². The van der Waals surface area contributed by atoms with Crippen LogP contribution < -0.4 is 44.0 Å². The number of nitrogens with zero attached hydrogens (tertiary/aromatic N) is 9. The van der Waals surface area contributed by atoms with E-state index in [9.17, 15) is 30.6 Å². The van der Waals surface area contributed by atoms with E-state index < -0.39 is 111 Å². The highest BCUT2D eigenvalue weighted by atomic mass is 16.7. The lowest BCUT2D eigenvalue weighted by Gasteiger charge is -2.47. The van der Waals surface area contributed by atoms with Crippen LogP contribution in [0.1, 0.15) is 37.1 Å². The van der Waals surface area contributed by atoms with Crippen LogP contribution in [0, 0.1) is 11.8 Å².